The van der Waals surface area contributed by atoms with Crippen LogP contribution in [0.1, 0.15) is 27.0 Å². The van der Waals surface area contributed by atoms with Gasteiger partial charge in [-0.1, -0.05) is 48.2 Å². The van der Waals surface area contributed by atoms with Crippen molar-refractivity contribution in [1.82, 2.24) is 10.2 Å². The minimum absolute atomic E-state index is 0.0524. The maximum atomic E-state index is 13.4. The van der Waals surface area contributed by atoms with E-state index < -0.39 is 23.4 Å². The largest absolute Gasteiger partial charge is 0.497 e. The number of halogens is 1. The van der Waals surface area contributed by atoms with Gasteiger partial charge in [-0.15, -0.1) is 0 Å². The molecule has 8 nitrogen and oxygen atoms in total. The first-order chi connectivity index (χ1) is 18.3. The molecule has 3 aromatic rings. The van der Waals surface area contributed by atoms with Gasteiger partial charge in [0.15, 0.2) is 0 Å². The number of benzene rings is 3. The molecule has 1 aliphatic rings. The number of hydrogen-bond acceptors (Lipinski definition) is 6. The monoisotopic (exact) mass is 516 g/mol. The molecule has 0 aromatic heterocycles. The van der Waals surface area contributed by atoms with Crippen molar-refractivity contribution in [3.63, 3.8) is 0 Å². The lowest BCUT2D eigenvalue weighted by molar-refractivity contribution is -0.146. The number of hydrogen-bond donors (Lipinski definition) is 1. The molecule has 9 heteroatoms. The summed E-state index contributed by atoms with van der Waals surface area (Å²) in [7, 11) is 2.65. The number of fused-ring (bicyclic) bond motifs is 1. The van der Waals surface area contributed by atoms with E-state index in [4.69, 9.17) is 14.2 Å². The average Bonchev–Trinajstić information content (AvgIpc) is 3.25. The predicted molar refractivity (Wildman–Crippen MR) is 136 cm³/mol. The van der Waals surface area contributed by atoms with Gasteiger partial charge in [0.25, 0.3) is 5.91 Å². The topological polar surface area (TPSA) is 94.2 Å². The summed E-state index contributed by atoms with van der Waals surface area (Å²) < 4.78 is 29.0. The molecule has 194 valence electrons. The van der Waals surface area contributed by atoms with Gasteiger partial charge in [0.1, 0.15) is 18.2 Å². The maximum absolute atomic E-state index is 13.4. The van der Waals surface area contributed by atoms with E-state index in [-0.39, 0.29) is 25.6 Å². The molecule has 4 rings (SSSR count). The van der Waals surface area contributed by atoms with E-state index >= 15 is 0 Å². The van der Waals surface area contributed by atoms with Crippen molar-refractivity contribution in [3.8, 4) is 17.6 Å². The van der Waals surface area contributed by atoms with Crippen molar-refractivity contribution in [2.45, 2.75) is 18.7 Å². The number of nitrogens with zero attached hydrogens (tertiary/aromatic N) is 1. The van der Waals surface area contributed by atoms with E-state index in [0.29, 0.717) is 16.9 Å². The third-order valence-electron chi connectivity index (χ3n) is 5.95. The van der Waals surface area contributed by atoms with Crippen LogP contribution >= 0.6 is 0 Å². The maximum Gasteiger partial charge on any atom is 0.409 e. The Labute approximate surface area is 219 Å². The number of carbonyl (C=O) groups is 3. The lowest BCUT2D eigenvalue weighted by atomic mass is 9.98. The zero-order chi connectivity index (χ0) is 27.1. The zero-order valence-corrected chi connectivity index (χ0v) is 20.8. The number of rotatable bonds is 7. The van der Waals surface area contributed by atoms with Crippen LogP contribution in [0.25, 0.3) is 0 Å². The van der Waals surface area contributed by atoms with E-state index in [0.717, 1.165) is 18.2 Å². The van der Waals surface area contributed by atoms with Gasteiger partial charge in [0.2, 0.25) is 5.54 Å². The Balaban J connectivity index is 1.65. The number of esters is 1. The van der Waals surface area contributed by atoms with Crippen LogP contribution < -0.4 is 10.1 Å². The van der Waals surface area contributed by atoms with Gasteiger partial charge in [0.05, 0.1) is 20.8 Å². The molecule has 1 aliphatic heterocycles. The molecule has 3 aromatic carbocycles. The summed E-state index contributed by atoms with van der Waals surface area (Å²) in [5, 5.41) is 2.53. The fraction of sp³-hybridized carbons (Fsp3) is 0.207. The molecule has 2 amide bonds. The quantitative estimate of drug-likeness (QED) is 0.380. The van der Waals surface area contributed by atoms with Gasteiger partial charge in [-0.25, -0.2) is 14.0 Å². The normalized spacial score (nSPS) is 13.4. The summed E-state index contributed by atoms with van der Waals surface area (Å²) in [6.45, 7) is -0.205. The SMILES string of the molecule is COC(=O)C(C#Cc1ccc(F)cc1)(CN1Cc2ccc(OC)cc2C1=O)NC(=O)OCc1ccccc1. The van der Waals surface area contributed by atoms with E-state index in [2.05, 4.69) is 17.2 Å². The van der Waals surface area contributed by atoms with Crippen LogP contribution in [0, 0.1) is 17.7 Å². The van der Waals surface area contributed by atoms with Crippen LogP contribution in [0.5, 0.6) is 5.75 Å². The predicted octanol–water partition coefficient (Wildman–Crippen LogP) is 3.68. The molecule has 0 saturated heterocycles. The van der Waals surface area contributed by atoms with Crippen LogP contribution in [0.3, 0.4) is 0 Å². The fourth-order valence-electron chi connectivity index (χ4n) is 3.98. The van der Waals surface area contributed by atoms with E-state index in [1.54, 1.807) is 42.5 Å². The van der Waals surface area contributed by atoms with Crippen LogP contribution in [-0.4, -0.2) is 49.2 Å². The summed E-state index contributed by atoms with van der Waals surface area (Å²) >= 11 is 0. The number of nitrogens with one attached hydrogen (secondary N) is 1. The minimum Gasteiger partial charge on any atom is -0.497 e. The van der Waals surface area contributed by atoms with E-state index in [1.165, 1.54) is 36.3 Å². The second-order valence-electron chi connectivity index (χ2n) is 8.52. The van der Waals surface area contributed by atoms with Gasteiger partial charge in [-0.2, -0.15) is 0 Å². The molecular formula is C29H25FN2O6. The second-order valence-corrected chi connectivity index (χ2v) is 8.52. The van der Waals surface area contributed by atoms with Crippen LogP contribution in [0.15, 0.2) is 72.8 Å². The second kappa shape index (κ2) is 11.5. The van der Waals surface area contributed by atoms with Gasteiger partial charge in [0, 0.05) is 17.7 Å². The first kappa shape index (κ1) is 26.2. The summed E-state index contributed by atoms with van der Waals surface area (Å²) in [6.07, 6.45) is -0.932. The molecule has 38 heavy (non-hydrogen) atoms. The number of ether oxygens (including phenoxy) is 3. The Kier molecular flexibility index (Phi) is 7.92. The molecule has 1 unspecified atom stereocenters. The highest BCUT2D eigenvalue weighted by Gasteiger charge is 2.45. The molecule has 1 N–H and O–H groups in total. The molecule has 1 heterocycles. The summed E-state index contributed by atoms with van der Waals surface area (Å²) in [6, 6.07) is 19.4. The summed E-state index contributed by atoms with van der Waals surface area (Å²) in [5.74, 6) is 4.35. The Bertz CT molecular complexity index is 1400. The Morgan fingerprint density at radius 2 is 1.79 bits per heavy atom. The van der Waals surface area contributed by atoms with E-state index in [9.17, 15) is 18.8 Å². The highest BCUT2D eigenvalue weighted by molar-refractivity contribution is 6.00. The highest BCUT2D eigenvalue weighted by Crippen LogP contribution is 2.28. The summed E-state index contributed by atoms with van der Waals surface area (Å²) in [5.41, 5.74) is 0.287. The van der Waals surface area contributed by atoms with Crippen LogP contribution in [0.2, 0.25) is 0 Å². The van der Waals surface area contributed by atoms with Crippen LogP contribution in [0.4, 0.5) is 9.18 Å². The molecule has 0 aliphatic carbocycles. The third kappa shape index (κ3) is 5.93. The molecule has 0 bridgehead atoms. The molecular weight excluding hydrogens is 491 g/mol. The fourth-order valence-corrected chi connectivity index (χ4v) is 3.98. The third-order valence-corrected chi connectivity index (χ3v) is 5.95. The van der Waals surface area contributed by atoms with Gasteiger partial charge < -0.3 is 19.1 Å². The molecule has 0 fully saturated rings. The Morgan fingerprint density at radius 1 is 1.05 bits per heavy atom. The van der Waals surface area contributed by atoms with Crippen molar-refractivity contribution < 1.29 is 33.0 Å². The van der Waals surface area contributed by atoms with E-state index in [1.807, 2.05) is 6.07 Å². The Morgan fingerprint density at radius 3 is 2.47 bits per heavy atom. The van der Waals surface area contributed by atoms with Gasteiger partial charge in [-0.05, 0) is 47.5 Å². The standard InChI is InChI=1S/C29H25FN2O6/c1-36-24-13-10-22-17-32(26(33)25(22)16-24)19-29(27(34)37-2,15-14-20-8-11-23(30)12-9-20)31-28(35)38-18-21-6-4-3-5-7-21/h3-13,16H,17-19H2,1-2H3,(H,31,35). The molecule has 0 radical (unpaired) electrons. The van der Waals surface area contributed by atoms with Crippen molar-refractivity contribution in [2.24, 2.45) is 0 Å². The van der Waals surface area contributed by atoms with Crippen molar-refractivity contribution in [2.75, 3.05) is 20.8 Å². The molecule has 0 spiro atoms. The first-order valence-corrected chi connectivity index (χ1v) is 11.7. The van der Waals surface area contributed by atoms with Crippen molar-refractivity contribution in [3.05, 3.63) is 101 Å². The summed E-state index contributed by atoms with van der Waals surface area (Å²) in [4.78, 5) is 40.7. The van der Waals surface area contributed by atoms with Crippen molar-refractivity contribution in [1.29, 1.82) is 0 Å². The van der Waals surface area contributed by atoms with Gasteiger partial charge in [-0.3, -0.25) is 10.1 Å². The zero-order valence-electron chi connectivity index (χ0n) is 20.8. The lowest BCUT2D eigenvalue weighted by Crippen LogP contribution is -2.60. The molecule has 0 saturated carbocycles. The number of carbonyl (C=O) groups excluding carboxylic acids is 3. The molecule has 1 atom stereocenters. The van der Waals surface area contributed by atoms with Crippen LogP contribution in [-0.2, 0) is 27.4 Å². The van der Waals surface area contributed by atoms with Gasteiger partial charge >= 0.3 is 12.1 Å². The first-order valence-electron chi connectivity index (χ1n) is 11.7. The number of alkyl carbamates (subject to hydrolysis) is 1. The lowest BCUT2D eigenvalue weighted by Gasteiger charge is -2.30. The number of methoxy groups -OCH3 is 2. The smallest absolute Gasteiger partial charge is 0.409 e. The average molecular weight is 517 g/mol. The highest BCUT2D eigenvalue weighted by atomic mass is 19.1. The number of amides is 2. The minimum atomic E-state index is -1.99. The Hall–Kier alpha value is -4.84. The van der Waals surface area contributed by atoms with Crippen molar-refractivity contribution >= 4 is 18.0 Å².